The Labute approximate surface area is 100 Å². The van der Waals surface area contributed by atoms with Gasteiger partial charge in [-0.1, -0.05) is 30.3 Å². The van der Waals surface area contributed by atoms with Crippen molar-refractivity contribution in [1.29, 1.82) is 0 Å². The van der Waals surface area contributed by atoms with Crippen LogP contribution in [-0.4, -0.2) is 19.0 Å². The SMILES string of the molecule is Cl.NCCNC(=O)C(Cl)c1ccccc1. The smallest absolute Gasteiger partial charge is 0.242 e. The van der Waals surface area contributed by atoms with E-state index in [0.29, 0.717) is 13.1 Å². The number of nitrogens with two attached hydrogens (primary N) is 1. The van der Waals surface area contributed by atoms with Crippen molar-refractivity contribution in [3.8, 4) is 0 Å². The van der Waals surface area contributed by atoms with Gasteiger partial charge in [0.15, 0.2) is 0 Å². The van der Waals surface area contributed by atoms with Gasteiger partial charge in [-0.3, -0.25) is 4.79 Å². The molecular formula is C10H14Cl2N2O. The highest BCUT2D eigenvalue weighted by atomic mass is 35.5. The fourth-order valence-electron chi connectivity index (χ4n) is 1.06. The zero-order chi connectivity index (χ0) is 10.4. The summed E-state index contributed by atoms with van der Waals surface area (Å²) in [4.78, 5) is 11.4. The van der Waals surface area contributed by atoms with Crippen molar-refractivity contribution < 1.29 is 4.79 Å². The average molecular weight is 249 g/mol. The predicted octanol–water partition coefficient (Wildman–Crippen LogP) is 1.46. The van der Waals surface area contributed by atoms with E-state index in [-0.39, 0.29) is 18.3 Å². The Morgan fingerprint density at radius 2 is 2.00 bits per heavy atom. The Hall–Kier alpha value is -0.770. The molecule has 1 aromatic carbocycles. The second-order valence-corrected chi connectivity index (χ2v) is 3.29. The summed E-state index contributed by atoms with van der Waals surface area (Å²) in [6.45, 7) is 0.874. The third-order valence-electron chi connectivity index (χ3n) is 1.77. The molecule has 15 heavy (non-hydrogen) atoms. The van der Waals surface area contributed by atoms with Crippen LogP contribution < -0.4 is 11.1 Å². The minimum Gasteiger partial charge on any atom is -0.353 e. The molecule has 0 heterocycles. The number of hydrogen-bond acceptors (Lipinski definition) is 2. The molecule has 0 saturated carbocycles. The van der Waals surface area contributed by atoms with Crippen LogP contribution in [0.4, 0.5) is 0 Å². The lowest BCUT2D eigenvalue weighted by Crippen LogP contribution is -2.31. The zero-order valence-electron chi connectivity index (χ0n) is 8.15. The van der Waals surface area contributed by atoms with Crippen LogP contribution in [0.25, 0.3) is 0 Å². The zero-order valence-corrected chi connectivity index (χ0v) is 9.72. The maximum atomic E-state index is 11.4. The molecule has 84 valence electrons. The van der Waals surface area contributed by atoms with E-state index < -0.39 is 5.38 Å². The highest BCUT2D eigenvalue weighted by molar-refractivity contribution is 6.30. The van der Waals surface area contributed by atoms with Gasteiger partial charge in [-0.15, -0.1) is 24.0 Å². The summed E-state index contributed by atoms with van der Waals surface area (Å²) in [5.41, 5.74) is 6.05. The number of benzene rings is 1. The summed E-state index contributed by atoms with van der Waals surface area (Å²) in [6.07, 6.45) is 0. The van der Waals surface area contributed by atoms with Crippen molar-refractivity contribution in [1.82, 2.24) is 5.32 Å². The van der Waals surface area contributed by atoms with E-state index in [1.165, 1.54) is 0 Å². The van der Waals surface area contributed by atoms with Gasteiger partial charge in [-0.2, -0.15) is 0 Å². The lowest BCUT2D eigenvalue weighted by Gasteiger charge is -2.09. The van der Waals surface area contributed by atoms with Crippen LogP contribution in [0.15, 0.2) is 30.3 Å². The van der Waals surface area contributed by atoms with Crippen LogP contribution in [0, 0.1) is 0 Å². The highest BCUT2D eigenvalue weighted by Crippen LogP contribution is 2.19. The first-order chi connectivity index (χ1) is 6.75. The monoisotopic (exact) mass is 248 g/mol. The Kier molecular flexibility index (Phi) is 7.13. The molecule has 3 N–H and O–H groups in total. The first kappa shape index (κ1) is 14.2. The van der Waals surface area contributed by atoms with E-state index in [9.17, 15) is 4.79 Å². The van der Waals surface area contributed by atoms with E-state index in [0.717, 1.165) is 5.56 Å². The topological polar surface area (TPSA) is 55.1 Å². The van der Waals surface area contributed by atoms with E-state index in [1.54, 1.807) is 0 Å². The lowest BCUT2D eigenvalue weighted by atomic mass is 10.1. The molecule has 1 amide bonds. The molecule has 0 aromatic heterocycles. The van der Waals surface area contributed by atoms with Crippen LogP contribution in [0.1, 0.15) is 10.9 Å². The molecule has 0 bridgehead atoms. The van der Waals surface area contributed by atoms with E-state index in [2.05, 4.69) is 5.32 Å². The van der Waals surface area contributed by atoms with Crippen molar-refractivity contribution in [3.05, 3.63) is 35.9 Å². The van der Waals surface area contributed by atoms with Gasteiger partial charge in [0.1, 0.15) is 5.38 Å². The number of carbonyl (C=O) groups is 1. The Morgan fingerprint density at radius 3 is 2.53 bits per heavy atom. The fraction of sp³-hybridized carbons (Fsp3) is 0.300. The first-order valence-corrected chi connectivity index (χ1v) is 4.86. The molecule has 0 saturated heterocycles. The van der Waals surface area contributed by atoms with Crippen molar-refractivity contribution in [2.45, 2.75) is 5.38 Å². The summed E-state index contributed by atoms with van der Waals surface area (Å²) in [5.74, 6) is -0.205. The van der Waals surface area contributed by atoms with Crippen LogP contribution in [0.5, 0.6) is 0 Å². The molecule has 0 radical (unpaired) electrons. The van der Waals surface area contributed by atoms with Gasteiger partial charge < -0.3 is 11.1 Å². The molecule has 0 aliphatic heterocycles. The van der Waals surface area contributed by atoms with Crippen molar-refractivity contribution in [2.75, 3.05) is 13.1 Å². The quantitative estimate of drug-likeness (QED) is 0.794. The maximum Gasteiger partial charge on any atom is 0.242 e. The molecule has 0 aliphatic carbocycles. The lowest BCUT2D eigenvalue weighted by molar-refractivity contribution is -0.120. The molecule has 5 heteroatoms. The van der Waals surface area contributed by atoms with Gasteiger partial charge in [-0.05, 0) is 5.56 Å². The standard InChI is InChI=1S/C10H13ClN2O.ClH/c11-9(10(14)13-7-6-12)8-4-2-1-3-5-8;/h1-5,9H,6-7,12H2,(H,13,14);1H. The van der Waals surface area contributed by atoms with Gasteiger partial charge in [0.25, 0.3) is 0 Å². The Balaban J connectivity index is 0.00000196. The maximum absolute atomic E-state index is 11.4. The van der Waals surface area contributed by atoms with Gasteiger partial charge in [0.2, 0.25) is 5.91 Å². The number of hydrogen-bond donors (Lipinski definition) is 2. The summed E-state index contributed by atoms with van der Waals surface area (Å²) >= 11 is 5.94. The third-order valence-corrected chi connectivity index (χ3v) is 2.22. The number of amides is 1. The summed E-state index contributed by atoms with van der Waals surface area (Å²) in [5, 5.41) is 2.00. The van der Waals surface area contributed by atoms with Crippen molar-refractivity contribution in [3.63, 3.8) is 0 Å². The van der Waals surface area contributed by atoms with Crippen molar-refractivity contribution in [2.24, 2.45) is 5.73 Å². The number of carbonyl (C=O) groups excluding carboxylic acids is 1. The second-order valence-electron chi connectivity index (χ2n) is 2.85. The normalized spacial score (nSPS) is 11.3. The molecule has 1 rings (SSSR count). The summed E-state index contributed by atoms with van der Waals surface area (Å²) in [7, 11) is 0. The van der Waals surface area contributed by atoms with Crippen LogP contribution in [-0.2, 0) is 4.79 Å². The van der Waals surface area contributed by atoms with Crippen molar-refractivity contribution >= 4 is 29.9 Å². The van der Waals surface area contributed by atoms with E-state index >= 15 is 0 Å². The predicted molar refractivity (Wildman–Crippen MR) is 64.3 cm³/mol. The molecule has 3 nitrogen and oxygen atoms in total. The number of nitrogens with one attached hydrogen (secondary N) is 1. The van der Waals surface area contributed by atoms with Crippen LogP contribution >= 0.6 is 24.0 Å². The largest absolute Gasteiger partial charge is 0.353 e. The number of alkyl halides is 1. The third kappa shape index (κ3) is 4.51. The minimum absolute atomic E-state index is 0. The van der Waals surface area contributed by atoms with E-state index in [1.807, 2.05) is 30.3 Å². The molecule has 0 spiro atoms. The Bertz CT molecular complexity index is 293. The number of halogens is 2. The Morgan fingerprint density at radius 1 is 1.40 bits per heavy atom. The molecule has 0 fully saturated rings. The minimum atomic E-state index is -0.636. The van der Waals surface area contributed by atoms with Gasteiger partial charge in [0.05, 0.1) is 0 Å². The van der Waals surface area contributed by atoms with Crippen LogP contribution in [0.2, 0.25) is 0 Å². The van der Waals surface area contributed by atoms with E-state index in [4.69, 9.17) is 17.3 Å². The summed E-state index contributed by atoms with van der Waals surface area (Å²) in [6, 6.07) is 9.21. The second kappa shape index (κ2) is 7.51. The van der Waals surface area contributed by atoms with Gasteiger partial charge >= 0.3 is 0 Å². The molecule has 1 aromatic rings. The molecular weight excluding hydrogens is 235 g/mol. The molecule has 1 atom stereocenters. The molecule has 1 unspecified atom stereocenters. The molecule has 0 aliphatic rings. The fourth-order valence-corrected chi connectivity index (χ4v) is 1.28. The average Bonchev–Trinajstić information content (AvgIpc) is 2.26. The summed E-state index contributed by atoms with van der Waals surface area (Å²) < 4.78 is 0. The van der Waals surface area contributed by atoms with Gasteiger partial charge in [-0.25, -0.2) is 0 Å². The van der Waals surface area contributed by atoms with Crippen LogP contribution in [0.3, 0.4) is 0 Å². The first-order valence-electron chi connectivity index (χ1n) is 4.42. The number of rotatable bonds is 4. The highest BCUT2D eigenvalue weighted by Gasteiger charge is 2.15. The van der Waals surface area contributed by atoms with Gasteiger partial charge in [0, 0.05) is 13.1 Å².